The van der Waals surface area contributed by atoms with E-state index in [0.717, 1.165) is 6.42 Å². The third kappa shape index (κ3) is 6.06. The third-order valence-corrected chi connectivity index (χ3v) is 3.28. The van der Waals surface area contributed by atoms with Crippen LogP contribution < -0.4 is 0 Å². The molecule has 0 aromatic rings. The summed E-state index contributed by atoms with van der Waals surface area (Å²) in [5, 5.41) is 0. The summed E-state index contributed by atoms with van der Waals surface area (Å²) in [6, 6.07) is 1.34. The SMILES string of the molecule is CCC[SiH2]OC(C)CC. The molecule has 2 heteroatoms. The fourth-order valence-electron chi connectivity index (χ4n) is 0.547. The molecule has 1 atom stereocenters. The van der Waals surface area contributed by atoms with Crippen LogP contribution in [0.25, 0.3) is 0 Å². The van der Waals surface area contributed by atoms with E-state index >= 15 is 0 Å². The topological polar surface area (TPSA) is 9.23 Å². The highest BCUT2D eigenvalue weighted by Gasteiger charge is 1.95. The van der Waals surface area contributed by atoms with Crippen LogP contribution in [0.1, 0.15) is 33.6 Å². The summed E-state index contributed by atoms with van der Waals surface area (Å²) in [4.78, 5) is 0. The zero-order chi connectivity index (χ0) is 7.11. The summed E-state index contributed by atoms with van der Waals surface area (Å²) in [5.41, 5.74) is 0. The molecule has 0 radical (unpaired) electrons. The van der Waals surface area contributed by atoms with E-state index in [1.54, 1.807) is 0 Å². The van der Waals surface area contributed by atoms with Gasteiger partial charge in [-0.3, -0.25) is 0 Å². The molecular formula is C7H18OSi. The van der Waals surface area contributed by atoms with Crippen molar-refractivity contribution in [2.75, 3.05) is 0 Å². The molecule has 0 rings (SSSR count). The maximum absolute atomic E-state index is 5.57. The Morgan fingerprint density at radius 1 is 1.44 bits per heavy atom. The van der Waals surface area contributed by atoms with Crippen molar-refractivity contribution in [3.8, 4) is 0 Å². The highest BCUT2D eigenvalue weighted by molar-refractivity contribution is 6.27. The summed E-state index contributed by atoms with van der Waals surface area (Å²) < 4.78 is 5.57. The van der Waals surface area contributed by atoms with Crippen LogP contribution >= 0.6 is 0 Å². The summed E-state index contributed by atoms with van der Waals surface area (Å²) in [7, 11) is -0.147. The van der Waals surface area contributed by atoms with Crippen molar-refractivity contribution in [3.63, 3.8) is 0 Å². The van der Waals surface area contributed by atoms with Gasteiger partial charge in [0.25, 0.3) is 0 Å². The first-order valence-corrected chi connectivity index (χ1v) is 5.50. The van der Waals surface area contributed by atoms with Crippen molar-refractivity contribution in [3.05, 3.63) is 0 Å². The lowest BCUT2D eigenvalue weighted by Crippen LogP contribution is -2.09. The lowest BCUT2D eigenvalue weighted by molar-refractivity contribution is 0.228. The maximum atomic E-state index is 5.57. The number of rotatable bonds is 5. The number of hydrogen-bond acceptors (Lipinski definition) is 1. The molecule has 0 saturated carbocycles. The average molecular weight is 146 g/mol. The molecule has 0 spiro atoms. The second-order valence-corrected chi connectivity index (χ2v) is 3.89. The minimum atomic E-state index is -0.147. The van der Waals surface area contributed by atoms with Crippen molar-refractivity contribution < 1.29 is 4.43 Å². The van der Waals surface area contributed by atoms with E-state index in [1.807, 2.05) is 0 Å². The van der Waals surface area contributed by atoms with Gasteiger partial charge in [-0.15, -0.1) is 0 Å². The first kappa shape index (κ1) is 9.18. The molecule has 0 bridgehead atoms. The molecule has 0 fully saturated rings. The highest BCUT2D eigenvalue weighted by atomic mass is 28.2. The standard InChI is InChI=1S/C7H18OSi/c1-4-6-9-8-7(3)5-2/h7H,4-6,9H2,1-3H3. The predicted molar refractivity (Wildman–Crippen MR) is 44.5 cm³/mol. The molecule has 1 unspecified atom stereocenters. The van der Waals surface area contributed by atoms with Gasteiger partial charge < -0.3 is 4.43 Å². The van der Waals surface area contributed by atoms with Gasteiger partial charge in [-0.05, 0) is 19.4 Å². The van der Waals surface area contributed by atoms with E-state index < -0.39 is 0 Å². The Morgan fingerprint density at radius 2 is 2.11 bits per heavy atom. The Morgan fingerprint density at radius 3 is 2.56 bits per heavy atom. The van der Waals surface area contributed by atoms with E-state index in [2.05, 4.69) is 20.8 Å². The van der Waals surface area contributed by atoms with Crippen LogP contribution in [0.5, 0.6) is 0 Å². The van der Waals surface area contributed by atoms with E-state index in [0.29, 0.717) is 6.10 Å². The maximum Gasteiger partial charge on any atom is 0.161 e. The molecule has 0 aliphatic rings. The summed E-state index contributed by atoms with van der Waals surface area (Å²) in [5.74, 6) is 0. The van der Waals surface area contributed by atoms with Crippen molar-refractivity contribution in [2.24, 2.45) is 0 Å². The van der Waals surface area contributed by atoms with Gasteiger partial charge in [-0.2, -0.15) is 0 Å². The second-order valence-electron chi connectivity index (χ2n) is 2.44. The Balaban J connectivity index is 2.88. The van der Waals surface area contributed by atoms with Crippen LogP contribution in [-0.4, -0.2) is 15.9 Å². The summed E-state index contributed by atoms with van der Waals surface area (Å²) in [6.45, 7) is 6.54. The predicted octanol–water partition coefficient (Wildman–Crippen LogP) is 1.71. The normalized spacial score (nSPS) is 15.0. The Bertz CT molecular complexity index is 56.9. The van der Waals surface area contributed by atoms with Gasteiger partial charge in [-0.1, -0.05) is 20.3 Å². The van der Waals surface area contributed by atoms with Crippen LogP contribution in [0, 0.1) is 0 Å². The molecule has 0 N–H and O–H groups in total. The second kappa shape index (κ2) is 6.30. The van der Waals surface area contributed by atoms with Gasteiger partial charge in [0.05, 0.1) is 0 Å². The van der Waals surface area contributed by atoms with Gasteiger partial charge >= 0.3 is 0 Å². The van der Waals surface area contributed by atoms with Crippen molar-refractivity contribution in [1.29, 1.82) is 0 Å². The molecule has 0 aromatic heterocycles. The van der Waals surface area contributed by atoms with Gasteiger partial charge in [0, 0.05) is 6.10 Å². The van der Waals surface area contributed by atoms with Crippen LogP contribution in [0.2, 0.25) is 6.04 Å². The van der Waals surface area contributed by atoms with Gasteiger partial charge in [0.15, 0.2) is 9.76 Å². The van der Waals surface area contributed by atoms with Gasteiger partial charge in [0.2, 0.25) is 0 Å². The molecule has 9 heavy (non-hydrogen) atoms. The van der Waals surface area contributed by atoms with E-state index in [-0.39, 0.29) is 9.76 Å². The van der Waals surface area contributed by atoms with Crippen molar-refractivity contribution in [1.82, 2.24) is 0 Å². The van der Waals surface area contributed by atoms with Gasteiger partial charge in [0.1, 0.15) is 0 Å². The number of hydrogen-bond donors (Lipinski definition) is 0. The summed E-state index contributed by atoms with van der Waals surface area (Å²) in [6.07, 6.45) is 2.97. The first-order valence-electron chi connectivity index (χ1n) is 3.92. The molecule has 0 aromatic carbocycles. The fraction of sp³-hybridized carbons (Fsp3) is 1.00. The molecule has 56 valence electrons. The van der Waals surface area contributed by atoms with Crippen LogP contribution in [-0.2, 0) is 4.43 Å². The zero-order valence-electron chi connectivity index (χ0n) is 6.81. The first-order chi connectivity index (χ1) is 4.31. The van der Waals surface area contributed by atoms with Crippen LogP contribution in [0.3, 0.4) is 0 Å². The third-order valence-electron chi connectivity index (χ3n) is 1.48. The van der Waals surface area contributed by atoms with Gasteiger partial charge in [-0.25, -0.2) is 0 Å². The Kier molecular flexibility index (Phi) is 6.42. The van der Waals surface area contributed by atoms with Crippen molar-refractivity contribution in [2.45, 2.75) is 45.8 Å². The minimum Gasteiger partial charge on any atom is -0.421 e. The highest BCUT2D eigenvalue weighted by Crippen LogP contribution is 1.96. The molecule has 0 heterocycles. The Labute approximate surface area is 60.7 Å². The average Bonchev–Trinajstić information content (AvgIpc) is 1.89. The quantitative estimate of drug-likeness (QED) is 0.424. The summed E-state index contributed by atoms with van der Waals surface area (Å²) >= 11 is 0. The molecule has 0 saturated heterocycles. The monoisotopic (exact) mass is 146 g/mol. The van der Waals surface area contributed by atoms with E-state index in [4.69, 9.17) is 4.43 Å². The molecule has 0 aliphatic carbocycles. The minimum absolute atomic E-state index is 0.147. The Hall–Kier alpha value is 0.177. The van der Waals surface area contributed by atoms with Crippen molar-refractivity contribution >= 4 is 9.76 Å². The lowest BCUT2D eigenvalue weighted by atomic mass is 10.3. The fourth-order valence-corrected chi connectivity index (χ4v) is 1.64. The largest absolute Gasteiger partial charge is 0.421 e. The van der Waals surface area contributed by atoms with Crippen LogP contribution in [0.15, 0.2) is 0 Å². The lowest BCUT2D eigenvalue weighted by Gasteiger charge is -2.08. The van der Waals surface area contributed by atoms with E-state index in [1.165, 1.54) is 12.5 Å². The molecule has 0 amide bonds. The molecule has 1 nitrogen and oxygen atoms in total. The molecular weight excluding hydrogens is 128 g/mol. The van der Waals surface area contributed by atoms with Crippen LogP contribution in [0.4, 0.5) is 0 Å². The zero-order valence-corrected chi connectivity index (χ0v) is 8.23. The smallest absolute Gasteiger partial charge is 0.161 e. The van der Waals surface area contributed by atoms with E-state index in [9.17, 15) is 0 Å². The molecule has 0 aliphatic heterocycles.